The van der Waals surface area contributed by atoms with Gasteiger partial charge in [0.15, 0.2) is 9.84 Å². The first kappa shape index (κ1) is 13.4. The van der Waals surface area contributed by atoms with Gasteiger partial charge < -0.3 is 10.4 Å². The van der Waals surface area contributed by atoms with Crippen molar-refractivity contribution in [1.29, 1.82) is 0 Å². The Hall–Kier alpha value is -0.990. The Bertz CT molecular complexity index is 485. The molecule has 0 saturated carbocycles. The zero-order valence-electron chi connectivity index (χ0n) is 10.1. The van der Waals surface area contributed by atoms with Crippen molar-refractivity contribution < 1.29 is 13.5 Å². The molecule has 1 unspecified atom stereocenters. The Labute approximate surface area is 106 Å². The molecular weight excluding hydrogens is 256 g/mol. The summed E-state index contributed by atoms with van der Waals surface area (Å²) in [6.07, 6.45) is 3.25. The highest BCUT2D eigenvalue weighted by Crippen LogP contribution is 2.18. The number of aliphatic hydroxyl groups excluding tert-OH is 1. The van der Waals surface area contributed by atoms with Gasteiger partial charge in [0.25, 0.3) is 0 Å². The maximum atomic E-state index is 11.6. The van der Waals surface area contributed by atoms with Gasteiger partial charge in [0.05, 0.1) is 29.8 Å². The van der Waals surface area contributed by atoms with Gasteiger partial charge in [-0.3, -0.25) is 0 Å². The first-order valence-corrected chi connectivity index (χ1v) is 7.75. The molecule has 1 atom stereocenters. The van der Waals surface area contributed by atoms with Gasteiger partial charge in [-0.05, 0) is 12.8 Å². The first-order chi connectivity index (χ1) is 8.62. The molecule has 0 aromatic carbocycles. The maximum absolute atomic E-state index is 11.6. The molecule has 1 aliphatic heterocycles. The van der Waals surface area contributed by atoms with Gasteiger partial charge >= 0.3 is 0 Å². The van der Waals surface area contributed by atoms with Gasteiger partial charge in [0.2, 0.25) is 0 Å². The lowest BCUT2D eigenvalue weighted by Gasteiger charge is -2.09. The lowest BCUT2D eigenvalue weighted by molar-refractivity contribution is 0.268. The number of aliphatic hydroxyl groups is 1. The molecular formula is C10H18N4O3S. The minimum absolute atomic E-state index is 0.0244. The van der Waals surface area contributed by atoms with Gasteiger partial charge in [0, 0.05) is 19.3 Å². The van der Waals surface area contributed by atoms with E-state index >= 15 is 0 Å². The predicted octanol–water partition coefficient (Wildman–Crippen LogP) is -1.06. The molecule has 2 heterocycles. The largest absolute Gasteiger partial charge is 0.394 e. The lowest BCUT2D eigenvalue weighted by atomic mass is 10.2. The van der Waals surface area contributed by atoms with Crippen molar-refractivity contribution in [3.05, 3.63) is 11.9 Å². The van der Waals surface area contributed by atoms with Gasteiger partial charge in [-0.15, -0.1) is 5.10 Å². The zero-order chi connectivity index (χ0) is 13.0. The molecule has 1 aromatic heterocycles. The SMILES string of the molecule is O=S1(=O)CCCC1CNCc1cn(CCO)nn1. The Morgan fingerprint density at radius 1 is 1.56 bits per heavy atom. The van der Waals surface area contributed by atoms with Crippen molar-refractivity contribution in [3.8, 4) is 0 Å². The van der Waals surface area contributed by atoms with E-state index < -0.39 is 9.84 Å². The molecule has 2 N–H and O–H groups in total. The molecule has 1 fully saturated rings. The highest BCUT2D eigenvalue weighted by atomic mass is 32.2. The van der Waals surface area contributed by atoms with E-state index in [2.05, 4.69) is 15.6 Å². The second-order valence-corrected chi connectivity index (χ2v) is 6.86. The zero-order valence-corrected chi connectivity index (χ0v) is 10.9. The van der Waals surface area contributed by atoms with E-state index in [-0.39, 0.29) is 11.9 Å². The van der Waals surface area contributed by atoms with E-state index in [9.17, 15) is 8.42 Å². The minimum atomic E-state index is -2.88. The summed E-state index contributed by atoms with van der Waals surface area (Å²) in [5, 5.41) is 19.3. The smallest absolute Gasteiger partial charge is 0.154 e. The topological polar surface area (TPSA) is 97.1 Å². The Morgan fingerprint density at radius 2 is 2.39 bits per heavy atom. The first-order valence-electron chi connectivity index (χ1n) is 6.04. The average molecular weight is 274 g/mol. The summed E-state index contributed by atoms with van der Waals surface area (Å²) < 4.78 is 24.7. The second kappa shape index (κ2) is 5.77. The van der Waals surface area contributed by atoms with Crippen LogP contribution in [0.3, 0.4) is 0 Å². The number of aromatic nitrogens is 3. The molecule has 0 amide bonds. The van der Waals surface area contributed by atoms with Crippen LogP contribution in [0.4, 0.5) is 0 Å². The van der Waals surface area contributed by atoms with Crippen LogP contribution in [0, 0.1) is 0 Å². The highest BCUT2D eigenvalue weighted by Gasteiger charge is 2.30. The molecule has 7 nitrogen and oxygen atoms in total. The van der Waals surface area contributed by atoms with Gasteiger partial charge in [-0.25, -0.2) is 13.1 Å². The molecule has 102 valence electrons. The summed E-state index contributed by atoms with van der Waals surface area (Å²) in [7, 11) is -2.88. The summed E-state index contributed by atoms with van der Waals surface area (Å²) in [6, 6.07) is 0. The van der Waals surface area contributed by atoms with E-state index in [1.54, 1.807) is 10.9 Å². The predicted molar refractivity (Wildman–Crippen MR) is 65.6 cm³/mol. The highest BCUT2D eigenvalue weighted by molar-refractivity contribution is 7.92. The van der Waals surface area contributed by atoms with Crippen LogP contribution in [0.15, 0.2) is 6.20 Å². The molecule has 0 radical (unpaired) electrons. The number of nitrogens with zero attached hydrogens (tertiary/aromatic N) is 3. The Morgan fingerprint density at radius 3 is 3.06 bits per heavy atom. The molecule has 1 aliphatic rings. The third-order valence-electron chi connectivity index (χ3n) is 3.06. The fourth-order valence-corrected chi connectivity index (χ4v) is 3.88. The summed E-state index contributed by atoms with van der Waals surface area (Å²) in [5.41, 5.74) is 0.749. The van der Waals surface area contributed by atoms with Gasteiger partial charge in [0.1, 0.15) is 0 Å². The Balaban J connectivity index is 1.78. The van der Waals surface area contributed by atoms with Crippen LogP contribution in [-0.2, 0) is 22.9 Å². The van der Waals surface area contributed by atoms with E-state index in [0.29, 0.717) is 25.4 Å². The van der Waals surface area contributed by atoms with E-state index in [0.717, 1.165) is 18.5 Å². The summed E-state index contributed by atoms with van der Waals surface area (Å²) in [6.45, 7) is 1.41. The van der Waals surface area contributed by atoms with Gasteiger partial charge in [-0.2, -0.15) is 0 Å². The van der Waals surface area contributed by atoms with Crippen LogP contribution < -0.4 is 5.32 Å². The van der Waals surface area contributed by atoms with Crippen molar-refractivity contribution in [1.82, 2.24) is 20.3 Å². The number of nitrogens with one attached hydrogen (secondary N) is 1. The minimum Gasteiger partial charge on any atom is -0.394 e. The van der Waals surface area contributed by atoms with Crippen LogP contribution >= 0.6 is 0 Å². The molecule has 8 heteroatoms. The summed E-state index contributed by atoms with van der Waals surface area (Å²) >= 11 is 0. The third kappa shape index (κ3) is 3.27. The summed E-state index contributed by atoms with van der Waals surface area (Å²) in [5.74, 6) is 0.312. The van der Waals surface area contributed by atoms with Crippen molar-refractivity contribution in [3.63, 3.8) is 0 Å². The van der Waals surface area contributed by atoms with Crippen LogP contribution in [-0.4, -0.2) is 52.7 Å². The molecule has 18 heavy (non-hydrogen) atoms. The van der Waals surface area contributed by atoms with Crippen LogP contribution in [0.5, 0.6) is 0 Å². The fourth-order valence-electron chi connectivity index (χ4n) is 2.08. The average Bonchev–Trinajstić information content (AvgIpc) is 2.87. The van der Waals surface area contributed by atoms with Crippen molar-refractivity contribution in [2.45, 2.75) is 31.2 Å². The van der Waals surface area contributed by atoms with E-state index in [1.807, 2.05) is 0 Å². The number of sulfone groups is 1. The fraction of sp³-hybridized carbons (Fsp3) is 0.800. The molecule has 0 aliphatic carbocycles. The molecule has 1 aromatic rings. The number of hydrogen-bond acceptors (Lipinski definition) is 6. The Kier molecular flexibility index (Phi) is 4.31. The maximum Gasteiger partial charge on any atom is 0.154 e. The molecule has 1 saturated heterocycles. The number of rotatable bonds is 6. The van der Waals surface area contributed by atoms with E-state index in [1.165, 1.54) is 0 Å². The third-order valence-corrected chi connectivity index (χ3v) is 5.33. The lowest BCUT2D eigenvalue weighted by Crippen LogP contribution is -2.30. The molecule has 0 spiro atoms. The normalized spacial score (nSPS) is 22.4. The van der Waals surface area contributed by atoms with Crippen LogP contribution in [0.2, 0.25) is 0 Å². The molecule has 0 bridgehead atoms. The van der Waals surface area contributed by atoms with Crippen LogP contribution in [0.25, 0.3) is 0 Å². The monoisotopic (exact) mass is 274 g/mol. The van der Waals surface area contributed by atoms with Crippen molar-refractivity contribution >= 4 is 9.84 Å². The van der Waals surface area contributed by atoms with Crippen molar-refractivity contribution in [2.24, 2.45) is 0 Å². The second-order valence-electron chi connectivity index (χ2n) is 4.46. The van der Waals surface area contributed by atoms with Crippen molar-refractivity contribution in [2.75, 3.05) is 18.9 Å². The molecule has 2 rings (SSSR count). The van der Waals surface area contributed by atoms with E-state index in [4.69, 9.17) is 5.11 Å². The standard InChI is InChI=1S/C10H18N4O3S/c15-4-3-14-8-9(12-13-14)6-11-7-10-2-1-5-18(10,16)17/h8,10-11,15H,1-7H2. The van der Waals surface area contributed by atoms with Crippen LogP contribution in [0.1, 0.15) is 18.5 Å². The van der Waals surface area contributed by atoms with Gasteiger partial charge in [-0.1, -0.05) is 5.21 Å². The summed E-state index contributed by atoms with van der Waals surface area (Å²) in [4.78, 5) is 0. The quantitative estimate of drug-likeness (QED) is 0.686. The number of hydrogen-bond donors (Lipinski definition) is 2.